The number of unbranched alkanes of at least 4 members (excludes halogenated alkanes) is 32. The number of hydrogen-bond donors (Lipinski definition) is 9. The molecule has 12 unspecified atom stereocenters. The minimum absolute atomic E-state index is 0.234. The Bertz CT molecular complexity index is 1430. The van der Waals surface area contributed by atoms with Gasteiger partial charge in [-0.3, -0.25) is 4.79 Å². The standard InChI is InChI=1S/C63H117NO13/c1-3-5-7-9-11-13-15-17-18-19-20-21-22-23-24-25-26-27-28-29-30-31-32-33-35-36-38-40-42-44-46-52(67)51(64-55(68)47-45-43-41-39-37-34-16-14-12-10-8-6-4-2)50-74-62-60(73)58(71)61(54(49-66)76-62)77-63-59(72)57(70)56(69)53(48-65)75-63/h6,8,12,14,34,37,51-54,56-63,65-67,69-73H,3-5,7,9-11,13,15-33,35-36,38-50H2,1-2H3,(H,64,68)/b8-6-,14-12-,37-34-. The first-order valence-corrected chi connectivity index (χ1v) is 31.7. The number of nitrogens with one attached hydrogen (secondary N) is 1. The second-order valence-corrected chi connectivity index (χ2v) is 22.5. The largest absolute Gasteiger partial charge is 0.394 e. The molecule has 0 aliphatic carbocycles. The number of carbonyl (C=O) groups is 1. The van der Waals surface area contributed by atoms with Crippen molar-refractivity contribution >= 4 is 5.91 Å². The van der Waals surface area contributed by atoms with E-state index >= 15 is 0 Å². The summed E-state index contributed by atoms with van der Waals surface area (Å²) >= 11 is 0. The Morgan fingerprint density at radius 2 is 0.896 bits per heavy atom. The lowest BCUT2D eigenvalue weighted by Gasteiger charge is -2.46. The van der Waals surface area contributed by atoms with Gasteiger partial charge < -0.3 is 65.1 Å². The SMILES string of the molecule is CC/C=C\C/C=C\C/C=C\CCCCCC(=O)NC(COC1OC(CO)C(OC2OC(CO)C(O)C(O)C2O)C(O)C1O)C(O)CCCCCCCCCCCCCCCCCCCCCCCCCCCCCCCC. The molecular formula is C63H117NO13. The van der Waals surface area contributed by atoms with Gasteiger partial charge in [0.2, 0.25) is 5.91 Å². The van der Waals surface area contributed by atoms with Gasteiger partial charge in [0.15, 0.2) is 12.6 Å². The normalized spacial score (nSPS) is 24.9. The minimum Gasteiger partial charge on any atom is -0.394 e. The predicted octanol–water partition coefficient (Wildman–Crippen LogP) is 11.4. The summed E-state index contributed by atoms with van der Waals surface area (Å²) in [4.78, 5) is 13.2. The van der Waals surface area contributed by atoms with E-state index in [9.17, 15) is 45.6 Å². The zero-order valence-corrected chi connectivity index (χ0v) is 48.7. The second-order valence-electron chi connectivity index (χ2n) is 22.5. The number of aliphatic hydroxyl groups excluding tert-OH is 8. The molecule has 14 nitrogen and oxygen atoms in total. The lowest BCUT2D eigenvalue weighted by atomic mass is 9.97. The molecule has 0 saturated carbocycles. The van der Waals surface area contributed by atoms with Gasteiger partial charge >= 0.3 is 0 Å². The summed E-state index contributed by atoms with van der Waals surface area (Å²) < 4.78 is 22.8. The molecule has 14 heteroatoms. The van der Waals surface area contributed by atoms with Crippen molar-refractivity contribution in [2.24, 2.45) is 0 Å². The molecular weight excluding hydrogens is 979 g/mol. The number of allylic oxidation sites excluding steroid dienone is 6. The highest BCUT2D eigenvalue weighted by atomic mass is 16.7. The summed E-state index contributed by atoms with van der Waals surface area (Å²) in [5.41, 5.74) is 0. The first kappa shape index (κ1) is 71.3. The molecule has 12 atom stereocenters. The highest BCUT2D eigenvalue weighted by Crippen LogP contribution is 2.30. The maximum Gasteiger partial charge on any atom is 0.220 e. The molecule has 2 fully saturated rings. The molecule has 2 saturated heterocycles. The quantitative estimate of drug-likeness (QED) is 0.0204. The second kappa shape index (κ2) is 48.9. The van der Waals surface area contributed by atoms with Crippen LogP contribution >= 0.6 is 0 Å². The van der Waals surface area contributed by atoms with Crippen LogP contribution in [0.3, 0.4) is 0 Å². The van der Waals surface area contributed by atoms with Crippen molar-refractivity contribution in [1.82, 2.24) is 5.32 Å². The molecule has 0 bridgehead atoms. The smallest absolute Gasteiger partial charge is 0.220 e. The van der Waals surface area contributed by atoms with Crippen LogP contribution in [0.5, 0.6) is 0 Å². The van der Waals surface area contributed by atoms with Gasteiger partial charge in [-0.15, -0.1) is 0 Å². The van der Waals surface area contributed by atoms with Crippen molar-refractivity contribution in [2.45, 2.75) is 338 Å². The molecule has 0 radical (unpaired) electrons. The van der Waals surface area contributed by atoms with E-state index in [4.69, 9.17) is 18.9 Å². The fraction of sp³-hybridized carbons (Fsp3) is 0.889. The van der Waals surface area contributed by atoms with Crippen LogP contribution in [0.15, 0.2) is 36.5 Å². The Morgan fingerprint density at radius 3 is 1.36 bits per heavy atom. The van der Waals surface area contributed by atoms with Crippen LogP contribution < -0.4 is 5.32 Å². The third-order valence-electron chi connectivity index (χ3n) is 15.6. The van der Waals surface area contributed by atoms with Crippen LogP contribution in [0.4, 0.5) is 0 Å². The van der Waals surface area contributed by atoms with E-state index in [-0.39, 0.29) is 18.9 Å². The average molecular weight is 1100 g/mol. The van der Waals surface area contributed by atoms with Crippen LogP contribution in [-0.2, 0) is 23.7 Å². The molecule has 2 heterocycles. The van der Waals surface area contributed by atoms with Crippen molar-refractivity contribution in [1.29, 1.82) is 0 Å². The molecule has 2 aliphatic heterocycles. The summed E-state index contributed by atoms with van der Waals surface area (Å²) in [5.74, 6) is -0.234. The predicted molar refractivity (Wildman–Crippen MR) is 309 cm³/mol. The van der Waals surface area contributed by atoms with Gasteiger partial charge in [-0.05, 0) is 44.9 Å². The molecule has 2 rings (SSSR count). The van der Waals surface area contributed by atoms with Crippen molar-refractivity contribution < 1.29 is 64.6 Å². The van der Waals surface area contributed by atoms with Crippen LogP contribution in [0.1, 0.15) is 264 Å². The van der Waals surface area contributed by atoms with Crippen molar-refractivity contribution in [3.63, 3.8) is 0 Å². The van der Waals surface area contributed by atoms with Crippen LogP contribution in [0, 0.1) is 0 Å². The number of ether oxygens (including phenoxy) is 4. The molecule has 0 aromatic rings. The zero-order chi connectivity index (χ0) is 56.0. The molecule has 9 N–H and O–H groups in total. The first-order chi connectivity index (χ1) is 37.6. The van der Waals surface area contributed by atoms with E-state index in [0.29, 0.717) is 12.8 Å². The molecule has 0 aromatic carbocycles. The molecule has 0 aromatic heterocycles. The zero-order valence-electron chi connectivity index (χ0n) is 48.7. The van der Waals surface area contributed by atoms with Crippen molar-refractivity contribution in [2.75, 3.05) is 19.8 Å². The van der Waals surface area contributed by atoms with E-state index in [1.165, 1.54) is 167 Å². The van der Waals surface area contributed by atoms with Gasteiger partial charge in [-0.2, -0.15) is 0 Å². The van der Waals surface area contributed by atoms with Crippen LogP contribution in [-0.4, -0.2) is 140 Å². The Balaban J connectivity index is 1.66. The third kappa shape index (κ3) is 34.3. The molecule has 0 spiro atoms. The van der Waals surface area contributed by atoms with Crippen LogP contribution in [0.25, 0.3) is 0 Å². The summed E-state index contributed by atoms with van der Waals surface area (Å²) in [6.45, 7) is 2.74. The Hall–Kier alpha value is -1.79. The first-order valence-electron chi connectivity index (χ1n) is 31.7. The number of rotatable bonds is 51. The maximum atomic E-state index is 13.2. The van der Waals surface area contributed by atoms with E-state index in [2.05, 4.69) is 55.6 Å². The van der Waals surface area contributed by atoms with Gasteiger partial charge in [0, 0.05) is 6.42 Å². The highest BCUT2D eigenvalue weighted by molar-refractivity contribution is 5.76. The van der Waals surface area contributed by atoms with Gasteiger partial charge in [-0.1, -0.05) is 249 Å². The van der Waals surface area contributed by atoms with E-state index < -0.39 is 86.8 Å². The van der Waals surface area contributed by atoms with Gasteiger partial charge in [0.05, 0.1) is 32.0 Å². The molecule has 1 amide bonds. The summed E-state index contributed by atoms with van der Waals surface area (Å²) in [6.07, 6.45) is 43.2. The Labute approximate surface area is 468 Å². The molecule has 77 heavy (non-hydrogen) atoms. The average Bonchev–Trinajstić information content (AvgIpc) is 3.44. The summed E-state index contributed by atoms with van der Waals surface area (Å²) in [6, 6.07) is -0.844. The molecule has 2 aliphatic rings. The summed E-state index contributed by atoms with van der Waals surface area (Å²) in [7, 11) is 0. The fourth-order valence-electron chi connectivity index (χ4n) is 10.5. The molecule has 452 valence electrons. The van der Waals surface area contributed by atoms with Gasteiger partial charge in [0.25, 0.3) is 0 Å². The number of carbonyl (C=O) groups excluding carboxylic acids is 1. The fourth-order valence-corrected chi connectivity index (χ4v) is 10.5. The van der Waals surface area contributed by atoms with E-state index in [0.717, 1.165) is 64.2 Å². The number of hydrogen-bond acceptors (Lipinski definition) is 13. The number of aliphatic hydroxyl groups is 8. The maximum absolute atomic E-state index is 13.2. The topological polar surface area (TPSA) is 228 Å². The Kier molecular flexibility index (Phi) is 45.3. The van der Waals surface area contributed by atoms with Crippen LogP contribution in [0.2, 0.25) is 0 Å². The highest BCUT2D eigenvalue weighted by Gasteiger charge is 2.51. The number of amides is 1. The van der Waals surface area contributed by atoms with E-state index in [1.54, 1.807) is 0 Å². The van der Waals surface area contributed by atoms with Crippen molar-refractivity contribution in [3.8, 4) is 0 Å². The van der Waals surface area contributed by atoms with Gasteiger partial charge in [-0.25, -0.2) is 0 Å². The Morgan fingerprint density at radius 1 is 0.481 bits per heavy atom. The lowest BCUT2D eigenvalue weighted by Crippen LogP contribution is -2.65. The lowest BCUT2D eigenvalue weighted by molar-refractivity contribution is -0.359. The van der Waals surface area contributed by atoms with E-state index in [1.807, 2.05) is 0 Å². The van der Waals surface area contributed by atoms with Crippen molar-refractivity contribution in [3.05, 3.63) is 36.5 Å². The third-order valence-corrected chi connectivity index (χ3v) is 15.6. The van der Waals surface area contributed by atoms with Gasteiger partial charge in [0.1, 0.15) is 48.8 Å². The monoisotopic (exact) mass is 1100 g/mol. The minimum atomic E-state index is -1.79. The summed E-state index contributed by atoms with van der Waals surface area (Å²) in [5, 5.41) is 87.2.